The number of thioether (sulfide) groups is 1. The number of nitro groups is 1. The van der Waals surface area contributed by atoms with Gasteiger partial charge in [-0.25, -0.2) is 4.98 Å². The van der Waals surface area contributed by atoms with Gasteiger partial charge in [-0.1, -0.05) is 32.5 Å². The Morgan fingerprint density at radius 1 is 1.28 bits per heavy atom. The first kappa shape index (κ1) is 19.8. The second-order valence-electron chi connectivity index (χ2n) is 8.53. The molecule has 2 aromatic rings. The van der Waals surface area contributed by atoms with Crippen molar-refractivity contribution in [2.45, 2.75) is 62.3 Å². The molecule has 2 aliphatic carbocycles. The third kappa shape index (κ3) is 3.08. The first-order chi connectivity index (χ1) is 13.6. The van der Waals surface area contributed by atoms with Crippen LogP contribution in [0.15, 0.2) is 29.4 Å². The molecule has 2 aliphatic rings. The molecule has 1 aromatic heterocycles. The maximum Gasteiger partial charge on any atom is 0.269 e. The Morgan fingerprint density at radius 2 is 1.97 bits per heavy atom. The molecule has 0 unspecified atom stereocenters. The van der Waals surface area contributed by atoms with Gasteiger partial charge in [0.15, 0.2) is 0 Å². The number of nitro benzene ring substituents is 1. The van der Waals surface area contributed by atoms with E-state index in [2.05, 4.69) is 36.3 Å². The monoisotopic (exact) mass is 413 g/mol. The number of carbonyl (C=O) groups is 1. The summed E-state index contributed by atoms with van der Waals surface area (Å²) in [6.45, 7) is 8.59. The Morgan fingerprint density at radius 3 is 2.62 bits per heavy atom. The molecular formula is C20H23N5O3S. The smallest absolute Gasteiger partial charge is 0.269 e. The predicted octanol–water partition coefficient (Wildman–Crippen LogP) is 4.07. The van der Waals surface area contributed by atoms with Crippen LogP contribution in [-0.4, -0.2) is 31.3 Å². The second kappa shape index (κ2) is 6.76. The molecule has 3 atom stereocenters. The molecule has 4 rings (SSSR count). The second-order valence-corrected chi connectivity index (χ2v) is 9.83. The summed E-state index contributed by atoms with van der Waals surface area (Å²) < 4.78 is 0. The van der Waals surface area contributed by atoms with E-state index in [4.69, 9.17) is 4.98 Å². The average molecular weight is 414 g/mol. The third-order valence-corrected chi connectivity index (χ3v) is 7.72. The van der Waals surface area contributed by atoms with Gasteiger partial charge in [0, 0.05) is 29.2 Å². The summed E-state index contributed by atoms with van der Waals surface area (Å²) in [4.78, 5) is 27.6. The summed E-state index contributed by atoms with van der Waals surface area (Å²) in [5.74, 6) is 0.172. The molecule has 1 heterocycles. The first-order valence-electron chi connectivity index (χ1n) is 9.60. The fraction of sp³-hybridized carbons (Fsp3) is 0.500. The van der Waals surface area contributed by atoms with E-state index in [0.29, 0.717) is 16.8 Å². The minimum Gasteiger partial charge on any atom is -0.325 e. The van der Waals surface area contributed by atoms with Gasteiger partial charge in [-0.15, -0.1) is 5.10 Å². The number of aromatic nitrogens is 3. The highest BCUT2D eigenvalue weighted by molar-refractivity contribution is 8.00. The third-order valence-electron chi connectivity index (χ3n) is 6.77. The van der Waals surface area contributed by atoms with Crippen LogP contribution < -0.4 is 5.32 Å². The average Bonchev–Trinajstić information content (AvgIpc) is 3.01. The van der Waals surface area contributed by atoms with E-state index < -0.39 is 10.2 Å². The van der Waals surface area contributed by atoms with Crippen molar-refractivity contribution in [1.82, 2.24) is 15.2 Å². The van der Waals surface area contributed by atoms with Crippen molar-refractivity contribution in [3.05, 3.63) is 45.8 Å². The number of nitrogens with one attached hydrogen (secondary N) is 1. The zero-order valence-corrected chi connectivity index (χ0v) is 17.6. The highest BCUT2D eigenvalue weighted by Gasteiger charge is 2.61. The van der Waals surface area contributed by atoms with Crippen LogP contribution in [0.1, 0.15) is 57.8 Å². The number of nitrogens with zero attached hydrogens (tertiary/aromatic N) is 4. The number of non-ortho nitro benzene ring substituents is 1. The van der Waals surface area contributed by atoms with Gasteiger partial charge in [0.2, 0.25) is 11.1 Å². The topological polar surface area (TPSA) is 111 Å². The fourth-order valence-corrected chi connectivity index (χ4v) is 5.25. The number of amides is 1. The Labute approximate surface area is 173 Å². The van der Waals surface area contributed by atoms with E-state index in [9.17, 15) is 14.9 Å². The van der Waals surface area contributed by atoms with Gasteiger partial charge in [-0.3, -0.25) is 14.9 Å². The van der Waals surface area contributed by atoms with Crippen LogP contribution in [0.4, 0.5) is 11.4 Å². The summed E-state index contributed by atoms with van der Waals surface area (Å²) >= 11 is 1.27. The molecule has 1 aromatic carbocycles. The molecule has 1 amide bonds. The van der Waals surface area contributed by atoms with Gasteiger partial charge in [-0.05, 0) is 37.3 Å². The number of anilines is 1. The van der Waals surface area contributed by atoms with E-state index in [1.54, 1.807) is 6.92 Å². The largest absolute Gasteiger partial charge is 0.325 e. The number of hydrogen-bond donors (Lipinski definition) is 1. The van der Waals surface area contributed by atoms with E-state index >= 15 is 0 Å². The van der Waals surface area contributed by atoms with Crippen molar-refractivity contribution in [2.24, 2.45) is 5.41 Å². The standard InChI is InChI=1S/C20H23N5O3S/c1-11(17(26)21-12-5-7-13(8-6-12)25(27)28)29-18-22-16-15(23-24-18)14-9-10-20(16,4)19(14,2)3/h5-8,11,14H,9-10H2,1-4H3,(H,21,26)/t11-,14+,20-/m0/s1. The number of hydrogen-bond acceptors (Lipinski definition) is 7. The van der Waals surface area contributed by atoms with Crippen LogP contribution in [0.5, 0.6) is 0 Å². The predicted molar refractivity (Wildman–Crippen MR) is 110 cm³/mol. The minimum atomic E-state index is -0.475. The lowest BCUT2D eigenvalue weighted by molar-refractivity contribution is -0.384. The van der Waals surface area contributed by atoms with Crippen LogP contribution in [0.3, 0.4) is 0 Å². The Kier molecular flexibility index (Phi) is 4.60. The number of rotatable bonds is 5. The summed E-state index contributed by atoms with van der Waals surface area (Å²) in [7, 11) is 0. The first-order valence-corrected chi connectivity index (χ1v) is 10.5. The molecule has 8 nitrogen and oxygen atoms in total. The molecule has 2 bridgehead atoms. The van der Waals surface area contributed by atoms with Crippen LogP contribution in [0.25, 0.3) is 0 Å². The maximum atomic E-state index is 12.5. The highest BCUT2D eigenvalue weighted by Crippen LogP contribution is 2.66. The van der Waals surface area contributed by atoms with Crippen LogP contribution in [0, 0.1) is 15.5 Å². The van der Waals surface area contributed by atoms with E-state index in [-0.39, 0.29) is 22.4 Å². The molecule has 0 spiro atoms. The van der Waals surface area contributed by atoms with Crippen LogP contribution in [-0.2, 0) is 10.2 Å². The summed E-state index contributed by atoms with van der Waals surface area (Å²) in [6, 6.07) is 5.75. The number of carbonyl (C=O) groups excluding carboxylic acids is 1. The lowest BCUT2D eigenvalue weighted by atomic mass is 9.70. The SMILES string of the molecule is C[C@H](Sc1nnc2c(n1)[C@]1(C)CC[C@H]2C1(C)C)C(=O)Nc1ccc([N+](=O)[O-])cc1. The number of benzene rings is 1. The van der Waals surface area contributed by atoms with Crippen molar-refractivity contribution in [3.63, 3.8) is 0 Å². The zero-order chi connectivity index (χ0) is 21.0. The zero-order valence-electron chi connectivity index (χ0n) is 16.8. The van der Waals surface area contributed by atoms with Crippen molar-refractivity contribution in [1.29, 1.82) is 0 Å². The Balaban J connectivity index is 1.46. The van der Waals surface area contributed by atoms with Crippen LogP contribution in [0.2, 0.25) is 0 Å². The van der Waals surface area contributed by atoms with Crippen molar-refractivity contribution in [3.8, 4) is 0 Å². The van der Waals surface area contributed by atoms with Crippen molar-refractivity contribution in [2.75, 3.05) is 5.32 Å². The molecule has 9 heteroatoms. The van der Waals surface area contributed by atoms with Crippen molar-refractivity contribution >= 4 is 29.0 Å². The van der Waals surface area contributed by atoms with Gasteiger partial charge in [0.1, 0.15) is 0 Å². The molecule has 1 N–H and O–H groups in total. The lowest BCUT2D eigenvalue weighted by Crippen LogP contribution is -2.32. The normalized spacial score (nSPS) is 24.8. The summed E-state index contributed by atoms with van der Waals surface area (Å²) in [5, 5.41) is 22.3. The van der Waals surface area contributed by atoms with E-state index in [0.717, 1.165) is 24.2 Å². The van der Waals surface area contributed by atoms with E-state index in [1.165, 1.54) is 36.0 Å². The molecular weight excluding hydrogens is 390 g/mol. The molecule has 152 valence electrons. The van der Waals surface area contributed by atoms with Gasteiger partial charge >= 0.3 is 0 Å². The lowest BCUT2D eigenvalue weighted by Gasteiger charge is -2.34. The highest BCUT2D eigenvalue weighted by atomic mass is 32.2. The maximum absolute atomic E-state index is 12.5. The van der Waals surface area contributed by atoms with Gasteiger partial charge < -0.3 is 5.32 Å². The van der Waals surface area contributed by atoms with Crippen LogP contribution >= 0.6 is 11.8 Å². The van der Waals surface area contributed by atoms with Gasteiger partial charge in [-0.2, -0.15) is 5.10 Å². The van der Waals surface area contributed by atoms with Gasteiger partial charge in [0.05, 0.1) is 21.6 Å². The number of fused-ring (bicyclic) bond motifs is 5. The molecule has 1 saturated carbocycles. The summed E-state index contributed by atoms with van der Waals surface area (Å²) in [5.41, 5.74) is 2.62. The van der Waals surface area contributed by atoms with Crippen molar-refractivity contribution < 1.29 is 9.72 Å². The minimum absolute atomic E-state index is 0.0114. The quantitative estimate of drug-likeness (QED) is 0.447. The summed E-state index contributed by atoms with van der Waals surface area (Å²) in [6.07, 6.45) is 2.21. The molecule has 1 fully saturated rings. The van der Waals surface area contributed by atoms with E-state index in [1.807, 2.05) is 0 Å². The molecule has 0 aliphatic heterocycles. The molecule has 0 saturated heterocycles. The Hall–Kier alpha value is -2.55. The molecule has 0 radical (unpaired) electrons. The fourth-order valence-electron chi connectivity index (χ4n) is 4.53. The molecule has 29 heavy (non-hydrogen) atoms. The Bertz CT molecular complexity index is 994. The van der Waals surface area contributed by atoms with Gasteiger partial charge in [0.25, 0.3) is 5.69 Å².